The Balaban J connectivity index is 3.04. The fraction of sp³-hybridized carbons (Fsp3) is 0.500. The summed E-state index contributed by atoms with van der Waals surface area (Å²) in [6.07, 6.45) is 3.94. The Morgan fingerprint density at radius 1 is 1.25 bits per heavy atom. The molecule has 0 spiro atoms. The van der Waals surface area contributed by atoms with E-state index in [1.54, 1.807) is 6.07 Å². The number of rotatable bonds is 6. The molecular weight excluding hydrogens is 223 g/mol. The van der Waals surface area contributed by atoms with Gasteiger partial charge in [0.25, 0.3) is 0 Å². The molecule has 4 heteroatoms. The van der Waals surface area contributed by atoms with Crippen LogP contribution < -0.4 is 4.52 Å². The van der Waals surface area contributed by atoms with Crippen LogP contribution in [0.4, 0.5) is 0 Å². The third-order valence-corrected chi connectivity index (χ3v) is 2.84. The van der Waals surface area contributed by atoms with Gasteiger partial charge in [-0.3, -0.25) is 0 Å². The first-order valence-corrected chi connectivity index (χ1v) is 6.97. The summed E-state index contributed by atoms with van der Waals surface area (Å²) in [5.74, 6) is 0.569. The van der Waals surface area contributed by atoms with Crippen molar-refractivity contribution in [3.63, 3.8) is 0 Å². The van der Waals surface area contributed by atoms with Gasteiger partial charge in [0.1, 0.15) is 5.75 Å². The van der Waals surface area contributed by atoms with Crippen LogP contribution in [-0.2, 0) is 17.4 Å². The number of hydrogen-bond donors (Lipinski definition) is 1. The zero-order valence-corrected chi connectivity index (χ0v) is 10.8. The molecular formula is C12H19O3P. The van der Waals surface area contributed by atoms with E-state index >= 15 is 0 Å². The normalized spacial score (nSPS) is 12.4. The van der Waals surface area contributed by atoms with E-state index in [0.717, 1.165) is 31.2 Å². The molecule has 1 N–H and O–H groups in total. The quantitative estimate of drug-likeness (QED) is 0.778. The Kier molecular flexibility index (Phi) is 5.58. The van der Waals surface area contributed by atoms with E-state index in [9.17, 15) is 4.57 Å². The molecule has 0 aliphatic carbocycles. The third-order valence-electron chi connectivity index (χ3n) is 2.45. The molecule has 0 heterocycles. The minimum absolute atomic E-state index is 0.569. The minimum Gasteiger partial charge on any atom is -0.426 e. The Hall–Kier alpha value is -0.790. The Labute approximate surface area is 97.4 Å². The molecule has 1 unspecified atom stereocenters. The molecule has 90 valence electrons. The van der Waals surface area contributed by atoms with Crippen molar-refractivity contribution in [1.29, 1.82) is 0 Å². The van der Waals surface area contributed by atoms with E-state index < -0.39 is 8.25 Å². The first-order chi connectivity index (χ1) is 7.69. The van der Waals surface area contributed by atoms with Crippen molar-refractivity contribution in [3.05, 3.63) is 29.3 Å². The van der Waals surface area contributed by atoms with Crippen LogP contribution in [0.15, 0.2) is 18.2 Å². The van der Waals surface area contributed by atoms with Gasteiger partial charge >= 0.3 is 8.25 Å². The molecule has 1 atom stereocenters. The van der Waals surface area contributed by atoms with Gasteiger partial charge in [0.05, 0.1) is 0 Å². The lowest BCUT2D eigenvalue weighted by atomic mass is 9.99. The van der Waals surface area contributed by atoms with E-state index in [-0.39, 0.29) is 0 Å². The van der Waals surface area contributed by atoms with Gasteiger partial charge in [0, 0.05) is 0 Å². The maximum Gasteiger partial charge on any atom is 0.365 e. The second-order valence-corrected chi connectivity index (χ2v) is 4.50. The van der Waals surface area contributed by atoms with Crippen LogP contribution in [0.2, 0.25) is 0 Å². The monoisotopic (exact) mass is 242 g/mol. The first-order valence-electron chi connectivity index (χ1n) is 5.70. The first kappa shape index (κ1) is 13.3. The molecule has 0 radical (unpaired) electrons. The lowest BCUT2D eigenvalue weighted by Crippen LogP contribution is -1.97. The summed E-state index contributed by atoms with van der Waals surface area (Å²) in [5, 5.41) is 0. The van der Waals surface area contributed by atoms with Crippen molar-refractivity contribution in [2.45, 2.75) is 39.5 Å². The Morgan fingerprint density at radius 2 is 1.94 bits per heavy atom. The molecule has 0 aliphatic heterocycles. The summed E-state index contributed by atoms with van der Waals surface area (Å²) in [6, 6.07) is 5.71. The lowest BCUT2D eigenvalue weighted by molar-refractivity contribution is 0.408. The highest BCUT2D eigenvalue weighted by atomic mass is 31.1. The van der Waals surface area contributed by atoms with E-state index in [1.807, 2.05) is 6.07 Å². The summed E-state index contributed by atoms with van der Waals surface area (Å²) in [5.41, 5.74) is 2.31. The number of benzene rings is 1. The molecule has 0 aliphatic rings. The van der Waals surface area contributed by atoms with Crippen LogP contribution in [0.25, 0.3) is 0 Å². The van der Waals surface area contributed by atoms with E-state index in [1.165, 1.54) is 5.56 Å². The molecule has 0 fully saturated rings. The Bertz CT molecular complexity index is 363. The summed E-state index contributed by atoms with van der Waals surface area (Å²) in [4.78, 5) is 8.84. The van der Waals surface area contributed by atoms with E-state index in [4.69, 9.17) is 9.42 Å². The molecule has 0 saturated carbocycles. The van der Waals surface area contributed by atoms with Gasteiger partial charge in [-0.25, -0.2) is 4.57 Å². The van der Waals surface area contributed by atoms with Gasteiger partial charge in [0.2, 0.25) is 0 Å². The van der Waals surface area contributed by atoms with Crippen LogP contribution in [0.1, 0.15) is 37.8 Å². The summed E-state index contributed by atoms with van der Waals surface area (Å²) in [6.45, 7) is 4.21. The van der Waals surface area contributed by atoms with Gasteiger partial charge in [0.15, 0.2) is 0 Å². The maximum atomic E-state index is 10.8. The van der Waals surface area contributed by atoms with Crippen molar-refractivity contribution in [1.82, 2.24) is 0 Å². The van der Waals surface area contributed by atoms with Crippen molar-refractivity contribution in [2.24, 2.45) is 0 Å². The molecule has 0 saturated heterocycles. The minimum atomic E-state index is -2.91. The molecule has 0 aromatic heterocycles. The third kappa shape index (κ3) is 3.66. The van der Waals surface area contributed by atoms with Crippen LogP contribution in [-0.4, -0.2) is 4.89 Å². The second kappa shape index (κ2) is 6.72. The number of aryl methyl sites for hydroxylation is 1. The highest BCUT2D eigenvalue weighted by Crippen LogP contribution is 2.30. The molecule has 3 nitrogen and oxygen atoms in total. The van der Waals surface area contributed by atoms with Crippen molar-refractivity contribution < 1.29 is 14.0 Å². The van der Waals surface area contributed by atoms with Crippen molar-refractivity contribution in [2.75, 3.05) is 0 Å². The molecule has 1 aromatic rings. The van der Waals surface area contributed by atoms with E-state index in [0.29, 0.717) is 5.75 Å². The summed E-state index contributed by atoms with van der Waals surface area (Å²) >= 11 is 0. The fourth-order valence-corrected chi connectivity index (χ4v) is 2.22. The highest BCUT2D eigenvalue weighted by Gasteiger charge is 2.09. The zero-order valence-electron chi connectivity index (χ0n) is 9.82. The molecule has 16 heavy (non-hydrogen) atoms. The van der Waals surface area contributed by atoms with Gasteiger partial charge in [-0.05, 0) is 30.0 Å². The van der Waals surface area contributed by atoms with Crippen molar-refractivity contribution >= 4 is 8.25 Å². The molecule has 1 rings (SSSR count). The van der Waals surface area contributed by atoms with Crippen LogP contribution in [0, 0.1) is 0 Å². The smallest absolute Gasteiger partial charge is 0.365 e. The predicted molar refractivity (Wildman–Crippen MR) is 66.3 cm³/mol. The highest BCUT2D eigenvalue weighted by molar-refractivity contribution is 7.32. The molecule has 1 aromatic carbocycles. The second-order valence-electron chi connectivity index (χ2n) is 3.76. The van der Waals surface area contributed by atoms with Gasteiger partial charge in [-0.15, -0.1) is 0 Å². The summed E-state index contributed by atoms with van der Waals surface area (Å²) in [7, 11) is -2.91. The predicted octanol–water partition coefficient (Wildman–Crippen LogP) is 3.35. The Morgan fingerprint density at radius 3 is 2.50 bits per heavy atom. The average molecular weight is 242 g/mol. The van der Waals surface area contributed by atoms with Crippen LogP contribution in [0.5, 0.6) is 5.75 Å². The SMILES string of the molecule is CCCc1cccc(O[PH](=O)O)c1CCC. The summed E-state index contributed by atoms with van der Waals surface area (Å²) < 4.78 is 15.7. The largest absolute Gasteiger partial charge is 0.426 e. The van der Waals surface area contributed by atoms with Gasteiger partial charge in [-0.2, -0.15) is 0 Å². The molecule has 0 bridgehead atoms. The van der Waals surface area contributed by atoms with Crippen molar-refractivity contribution in [3.8, 4) is 5.75 Å². The lowest BCUT2D eigenvalue weighted by Gasteiger charge is -2.13. The standard InChI is InChI=1S/C12H19O3P/c1-3-6-10-8-5-9-12(15-16(13)14)11(10)7-4-2/h5,8-9,16H,3-4,6-7H2,1-2H3,(H,13,14). The maximum absolute atomic E-state index is 10.8. The molecule has 0 amide bonds. The number of hydrogen-bond acceptors (Lipinski definition) is 2. The average Bonchev–Trinajstić information content (AvgIpc) is 2.22. The zero-order chi connectivity index (χ0) is 12.0. The van der Waals surface area contributed by atoms with Crippen LogP contribution >= 0.6 is 8.25 Å². The fourth-order valence-electron chi connectivity index (χ4n) is 1.84. The van der Waals surface area contributed by atoms with Crippen LogP contribution in [0.3, 0.4) is 0 Å². The van der Waals surface area contributed by atoms with Gasteiger partial charge in [-0.1, -0.05) is 38.8 Å². The van der Waals surface area contributed by atoms with Gasteiger partial charge < -0.3 is 9.42 Å². The topological polar surface area (TPSA) is 46.5 Å². The van der Waals surface area contributed by atoms with E-state index in [2.05, 4.69) is 19.9 Å².